The highest BCUT2D eigenvalue weighted by Gasteiger charge is 2.10. The van der Waals surface area contributed by atoms with Gasteiger partial charge in [0.25, 0.3) is 0 Å². The van der Waals surface area contributed by atoms with Gasteiger partial charge in [0.2, 0.25) is 0 Å². The van der Waals surface area contributed by atoms with Crippen molar-refractivity contribution in [3.05, 3.63) is 39.9 Å². The van der Waals surface area contributed by atoms with Gasteiger partial charge in [0.15, 0.2) is 5.82 Å². The number of aryl methyl sites for hydroxylation is 1. The Kier molecular flexibility index (Phi) is 4.31. The number of rotatable bonds is 4. The molecule has 0 aliphatic heterocycles. The summed E-state index contributed by atoms with van der Waals surface area (Å²) in [6, 6.07) is 7.57. The molecule has 20 heavy (non-hydrogen) atoms. The molecule has 0 saturated carbocycles. The lowest BCUT2D eigenvalue weighted by Gasteiger charge is -2.13. The third kappa shape index (κ3) is 3.12. The first kappa shape index (κ1) is 14.4. The smallest absolute Gasteiger partial charge is 0.169 e. The second-order valence-electron chi connectivity index (χ2n) is 4.31. The highest BCUT2D eigenvalue weighted by atomic mass is 79.9. The molecule has 0 bridgehead atoms. The van der Waals surface area contributed by atoms with Crippen molar-refractivity contribution < 1.29 is 4.74 Å². The molecular weight excluding hydrogens is 322 g/mol. The van der Waals surface area contributed by atoms with Crippen LogP contribution in [0, 0.1) is 6.92 Å². The molecule has 0 aliphatic carbocycles. The molecule has 0 atom stereocenters. The van der Waals surface area contributed by atoms with Gasteiger partial charge in [-0.2, -0.15) is 0 Å². The van der Waals surface area contributed by atoms with Crippen molar-refractivity contribution in [2.75, 3.05) is 16.9 Å². The molecule has 0 fully saturated rings. The number of hydrogen-bond acceptors (Lipinski definition) is 6. The minimum Gasteiger partial charge on any atom is -0.486 e. The minimum absolute atomic E-state index is 0.285. The quantitative estimate of drug-likeness (QED) is 0.502. The summed E-state index contributed by atoms with van der Waals surface area (Å²) in [6.07, 6.45) is 0. The van der Waals surface area contributed by atoms with Crippen LogP contribution in [0.25, 0.3) is 0 Å². The summed E-state index contributed by atoms with van der Waals surface area (Å²) in [5.41, 5.74) is 16.5. The number of hydrogen-bond donors (Lipinski definition) is 4. The van der Waals surface area contributed by atoms with Crippen LogP contribution < -0.4 is 27.5 Å². The number of nitrogens with two attached hydrogens (primary N) is 3. The van der Waals surface area contributed by atoms with Crippen molar-refractivity contribution in [1.29, 1.82) is 0 Å². The van der Waals surface area contributed by atoms with E-state index in [0.29, 0.717) is 23.9 Å². The molecule has 106 valence electrons. The number of anilines is 3. The van der Waals surface area contributed by atoms with E-state index in [4.69, 9.17) is 22.0 Å². The second-order valence-corrected chi connectivity index (χ2v) is 5.23. The van der Waals surface area contributed by atoms with Crippen LogP contribution in [0.4, 0.5) is 17.3 Å². The number of halogens is 1. The third-order valence-electron chi connectivity index (χ3n) is 2.87. The average Bonchev–Trinajstić information content (AvgIpc) is 2.42. The topological polar surface area (TPSA) is 112 Å². The number of hydrazine groups is 1. The molecule has 0 aliphatic rings. The molecule has 0 spiro atoms. The Hall–Kier alpha value is -1.99. The van der Waals surface area contributed by atoms with Gasteiger partial charge in [0, 0.05) is 10.5 Å². The van der Waals surface area contributed by atoms with E-state index in [1.54, 1.807) is 6.07 Å². The standard InChI is InChI=1S/C13H16BrN5O/c1-7-2-3-9(14)4-8(7)6-20-10-5-11(15)18-13(19-17)12(10)16/h2-5H,6,16-17H2,1H3,(H3,15,18,19). The van der Waals surface area contributed by atoms with E-state index >= 15 is 0 Å². The van der Waals surface area contributed by atoms with Gasteiger partial charge < -0.3 is 21.6 Å². The molecule has 7 heteroatoms. The average molecular weight is 338 g/mol. The number of ether oxygens (including phenoxy) is 1. The summed E-state index contributed by atoms with van der Waals surface area (Å²) in [4.78, 5) is 3.97. The van der Waals surface area contributed by atoms with Gasteiger partial charge >= 0.3 is 0 Å². The monoisotopic (exact) mass is 337 g/mol. The predicted molar refractivity (Wildman–Crippen MR) is 84.1 cm³/mol. The SMILES string of the molecule is Cc1ccc(Br)cc1COc1cc(N)nc(NN)c1N. The van der Waals surface area contributed by atoms with E-state index in [1.807, 2.05) is 25.1 Å². The van der Waals surface area contributed by atoms with E-state index in [0.717, 1.165) is 15.6 Å². The van der Waals surface area contributed by atoms with Crippen LogP contribution in [0.15, 0.2) is 28.7 Å². The Morgan fingerprint density at radius 2 is 2.05 bits per heavy atom. The van der Waals surface area contributed by atoms with Gasteiger partial charge in [-0.25, -0.2) is 10.8 Å². The van der Waals surface area contributed by atoms with Gasteiger partial charge in [0.1, 0.15) is 23.9 Å². The lowest BCUT2D eigenvalue weighted by atomic mass is 10.1. The van der Waals surface area contributed by atoms with Crippen LogP contribution in [0.1, 0.15) is 11.1 Å². The number of aromatic nitrogens is 1. The zero-order valence-corrected chi connectivity index (χ0v) is 12.6. The van der Waals surface area contributed by atoms with Crippen LogP contribution in [-0.4, -0.2) is 4.98 Å². The van der Waals surface area contributed by atoms with E-state index in [1.165, 1.54) is 0 Å². The molecule has 7 N–H and O–H groups in total. The van der Waals surface area contributed by atoms with Gasteiger partial charge in [-0.1, -0.05) is 22.0 Å². The maximum atomic E-state index is 5.90. The largest absolute Gasteiger partial charge is 0.486 e. The first-order valence-corrected chi connectivity index (χ1v) is 6.71. The van der Waals surface area contributed by atoms with E-state index in [2.05, 4.69) is 26.3 Å². The minimum atomic E-state index is 0.285. The molecule has 0 saturated heterocycles. The maximum absolute atomic E-state index is 5.90. The first-order chi connectivity index (χ1) is 9.51. The Bertz CT molecular complexity index is 632. The van der Waals surface area contributed by atoms with E-state index < -0.39 is 0 Å². The van der Waals surface area contributed by atoms with E-state index in [-0.39, 0.29) is 5.82 Å². The molecule has 0 radical (unpaired) electrons. The molecule has 1 heterocycles. The van der Waals surface area contributed by atoms with Crippen LogP contribution in [0.5, 0.6) is 5.75 Å². The maximum Gasteiger partial charge on any atom is 0.169 e. The van der Waals surface area contributed by atoms with Crippen LogP contribution >= 0.6 is 15.9 Å². The van der Waals surface area contributed by atoms with Crippen LogP contribution in [0.2, 0.25) is 0 Å². The van der Waals surface area contributed by atoms with Crippen LogP contribution in [-0.2, 0) is 6.61 Å². The predicted octanol–water partition coefficient (Wildman–Crippen LogP) is 2.18. The Labute approximate surface area is 125 Å². The van der Waals surface area contributed by atoms with Crippen LogP contribution in [0.3, 0.4) is 0 Å². The Balaban J connectivity index is 2.23. The summed E-state index contributed by atoms with van der Waals surface area (Å²) >= 11 is 3.43. The van der Waals surface area contributed by atoms with Gasteiger partial charge in [-0.05, 0) is 30.2 Å². The van der Waals surface area contributed by atoms with E-state index in [9.17, 15) is 0 Å². The molecule has 6 nitrogen and oxygen atoms in total. The molecule has 1 aromatic carbocycles. The van der Waals surface area contributed by atoms with Crippen molar-refractivity contribution in [3.63, 3.8) is 0 Å². The summed E-state index contributed by atoms with van der Waals surface area (Å²) < 4.78 is 6.71. The fourth-order valence-corrected chi connectivity index (χ4v) is 2.14. The number of nitrogen functional groups attached to an aromatic ring is 3. The number of nitrogens with zero attached hydrogens (tertiary/aromatic N) is 1. The second kappa shape index (κ2) is 5.98. The third-order valence-corrected chi connectivity index (χ3v) is 3.36. The fraction of sp³-hybridized carbons (Fsp3) is 0.154. The van der Waals surface area contributed by atoms with Gasteiger partial charge in [-0.15, -0.1) is 0 Å². The molecule has 1 aromatic heterocycles. The summed E-state index contributed by atoms with van der Waals surface area (Å²) in [6.45, 7) is 2.39. The first-order valence-electron chi connectivity index (χ1n) is 5.91. The zero-order valence-electron chi connectivity index (χ0n) is 11.0. The summed E-state index contributed by atoms with van der Waals surface area (Å²) in [7, 11) is 0. The Morgan fingerprint density at radius 3 is 2.75 bits per heavy atom. The van der Waals surface area contributed by atoms with Crippen molar-refractivity contribution in [2.45, 2.75) is 13.5 Å². The number of nitrogens with one attached hydrogen (secondary N) is 1. The number of benzene rings is 1. The van der Waals surface area contributed by atoms with Crippen molar-refractivity contribution in [1.82, 2.24) is 4.98 Å². The molecule has 2 aromatic rings. The lowest BCUT2D eigenvalue weighted by molar-refractivity contribution is 0.307. The zero-order chi connectivity index (χ0) is 14.7. The summed E-state index contributed by atoms with van der Waals surface area (Å²) in [5, 5.41) is 0. The molecule has 2 rings (SSSR count). The Morgan fingerprint density at radius 1 is 1.30 bits per heavy atom. The lowest BCUT2D eigenvalue weighted by Crippen LogP contribution is -2.13. The van der Waals surface area contributed by atoms with Crippen molar-refractivity contribution in [2.24, 2.45) is 5.84 Å². The molecule has 0 unspecified atom stereocenters. The molecule has 0 amide bonds. The normalized spacial score (nSPS) is 10.3. The number of pyridine rings is 1. The molecular formula is C13H16BrN5O. The van der Waals surface area contributed by atoms with Crippen molar-refractivity contribution >= 4 is 33.3 Å². The highest BCUT2D eigenvalue weighted by Crippen LogP contribution is 2.30. The summed E-state index contributed by atoms with van der Waals surface area (Å²) in [5.74, 6) is 6.36. The fourth-order valence-electron chi connectivity index (χ4n) is 1.73. The van der Waals surface area contributed by atoms with Gasteiger partial charge in [-0.3, -0.25) is 0 Å². The van der Waals surface area contributed by atoms with Gasteiger partial charge in [0.05, 0.1) is 0 Å². The van der Waals surface area contributed by atoms with Crippen molar-refractivity contribution in [3.8, 4) is 5.75 Å². The highest BCUT2D eigenvalue weighted by molar-refractivity contribution is 9.10.